The van der Waals surface area contributed by atoms with Crippen LogP contribution < -0.4 is 11.5 Å². The molecular weight excluding hydrogens is 229 g/mol. The quantitative estimate of drug-likeness (QED) is 0.832. The SMILES string of the molecule is Cl.NC[C@@H](N)c1cccc(C(F)(F)F)c1. The monoisotopic (exact) mass is 240 g/mol. The van der Waals surface area contributed by atoms with E-state index in [1.807, 2.05) is 0 Å². The summed E-state index contributed by atoms with van der Waals surface area (Å²) in [6.45, 7) is 0.126. The first-order chi connectivity index (χ1) is 6.45. The highest BCUT2D eigenvalue weighted by molar-refractivity contribution is 5.85. The normalized spacial score (nSPS) is 13.1. The summed E-state index contributed by atoms with van der Waals surface area (Å²) in [6.07, 6.45) is -4.33. The Hall–Kier alpha value is -0.780. The highest BCUT2D eigenvalue weighted by Gasteiger charge is 2.30. The van der Waals surface area contributed by atoms with Gasteiger partial charge in [0.05, 0.1) is 5.56 Å². The van der Waals surface area contributed by atoms with Crippen LogP contribution in [0.2, 0.25) is 0 Å². The van der Waals surface area contributed by atoms with E-state index >= 15 is 0 Å². The van der Waals surface area contributed by atoms with Crippen LogP contribution in [0.3, 0.4) is 0 Å². The van der Waals surface area contributed by atoms with Crippen LogP contribution in [0.25, 0.3) is 0 Å². The van der Waals surface area contributed by atoms with E-state index in [0.717, 1.165) is 12.1 Å². The van der Waals surface area contributed by atoms with Gasteiger partial charge < -0.3 is 11.5 Å². The predicted molar refractivity (Wildman–Crippen MR) is 54.7 cm³/mol. The molecule has 1 rings (SSSR count). The summed E-state index contributed by atoms with van der Waals surface area (Å²) in [7, 11) is 0. The topological polar surface area (TPSA) is 52.0 Å². The van der Waals surface area contributed by atoms with E-state index < -0.39 is 17.8 Å². The number of halogens is 4. The third-order valence-corrected chi connectivity index (χ3v) is 1.90. The fraction of sp³-hybridized carbons (Fsp3) is 0.333. The van der Waals surface area contributed by atoms with E-state index in [1.165, 1.54) is 12.1 Å². The average Bonchev–Trinajstić information content (AvgIpc) is 2.15. The Morgan fingerprint density at radius 3 is 2.33 bits per heavy atom. The minimum absolute atomic E-state index is 0. The Morgan fingerprint density at radius 2 is 1.87 bits per heavy atom. The molecule has 15 heavy (non-hydrogen) atoms. The van der Waals surface area contributed by atoms with E-state index in [9.17, 15) is 13.2 Å². The molecule has 0 radical (unpaired) electrons. The minimum Gasteiger partial charge on any atom is -0.329 e. The van der Waals surface area contributed by atoms with Crippen LogP contribution in [-0.4, -0.2) is 6.54 Å². The summed E-state index contributed by atoms with van der Waals surface area (Å²) < 4.78 is 36.8. The maximum absolute atomic E-state index is 12.3. The Balaban J connectivity index is 0.00000196. The fourth-order valence-electron chi connectivity index (χ4n) is 1.08. The molecule has 0 aromatic heterocycles. The molecule has 1 aromatic rings. The maximum atomic E-state index is 12.3. The first kappa shape index (κ1) is 14.2. The molecule has 0 fully saturated rings. The van der Waals surface area contributed by atoms with E-state index in [4.69, 9.17) is 11.5 Å². The van der Waals surface area contributed by atoms with Gasteiger partial charge in [0.1, 0.15) is 0 Å². The third-order valence-electron chi connectivity index (χ3n) is 1.90. The molecule has 0 amide bonds. The van der Waals surface area contributed by atoms with Gasteiger partial charge in [-0.25, -0.2) is 0 Å². The van der Waals surface area contributed by atoms with Crippen LogP contribution in [0.1, 0.15) is 17.2 Å². The highest BCUT2D eigenvalue weighted by atomic mass is 35.5. The van der Waals surface area contributed by atoms with Gasteiger partial charge in [-0.05, 0) is 17.7 Å². The Labute approximate surface area is 91.9 Å². The second kappa shape index (κ2) is 5.34. The third kappa shape index (κ3) is 3.70. The molecular formula is C9H12ClF3N2. The summed E-state index contributed by atoms with van der Waals surface area (Å²) in [5.74, 6) is 0. The van der Waals surface area contributed by atoms with Crippen LogP contribution >= 0.6 is 12.4 Å². The second-order valence-corrected chi connectivity index (χ2v) is 2.97. The van der Waals surface area contributed by atoms with Gasteiger partial charge in [0.2, 0.25) is 0 Å². The van der Waals surface area contributed by atoms with E-state index in [0.29, 0.717) is 5.56 Å². The predicted octanol–water partition coefficient (Wildman–Crippen LogP) is 2.09. The smallest absolute Gasteiger partial charge is 0.329 e. The van der Waals surface area contributed by atoms with Gasteiger partial charge >= 0.3 is 6.18 Å². The summed E-state index contributed by atoms with van der Waals surface area (Å²) in [5.41, 5.74) is 10.5. The van der Waals surface area contributed by atoms with Gasteiger partial charge in [0.25, 0.3) is 0 Å². The summed E-state index contributed by atoms with van der Waals surface area (Å²) in [6, 6.07) is 4.35. The zero-order chi connectivity index (χ0) is 10.8. The highest BCUT2D eigenvalue weighted by Crippen LogP contribution is 2.30. The molecule has 0 aliphatic rings. The van der Waals surface area contributed by atoms with Crippen molar-refractivity contribution < 1.29 is 13.2 Å². The number of nitrogens with two attached hydrogens (primary N) is 2. The van der Waals surface area contributed by atoms with Gasteiger partial charge in [0.15, 0.2) is 0 Å². The lowest BCUT2D eigenvalue weighted by molar-refractivity contribution is -0.137. The Kier molecular flexibility index (Phi) is 5.07. The molecule has 0 spiro atoms. The van der Waals surface area contributed by atoms with Crippen molar-refractivity contribution in [2.24, 2.45) is 11.5 Å². The number of alkyl halides is 3. The van der Waals surface area contributed by atoms with Crippen molar-refractivity contribution in [2.75, 3.05) is 6.54 Å². The molecule has 0 saturated heterocycles. The molecule has 0 unspecified atom stereocenters. The van der Waals surface area contributed by atoms with Gasteiger partial charge in [-0.15, -0.1) is 12.4 Å². The molecule has 0 saturated carbocycles. The van der Waals surface area contributed by atoms with Crippen LogP contribution in [0.5, 0.6) is 0 Å². The molecule has 1 aromatic carbocycles. The molecule has 1 atom stereocenters. The summed E-state index contributed by atoms with van der Waals surface area (Å²) in [5, 5.41) is 0. The first-order valence-electron chi connectivity index (χ1n) is 4.08. The maximum Gasteiger partial charge on any atom is 0.416 e. The molecule has 86 valence electrons. The number of benzene rings is 1. The van der Waals surface area contributed by atoms with E-state index in [1.54, 1.807) is 0 Å². The minimum atomic E-state index is -4.33. The van der Waals surface area contributed by atoms with Gasteiger partial charge in [-0.3, -0.25) is 0 Å². The van der Waals surface area contributed by atoms with Crippen molar-refractivity contribution in [3.8, 4) is 0 Å². The van der Waals surface area contributed by atoms with Gasteiger partial charge in [-0.2, -0.15) is 13.2 Å². The van der Waals surface area contributed by atoms with E-state index in [2.05, 4.69) is 0 Å². The largest absolute Gasteiger partial charge is 0.416 e. The van der Waals surface area contributed by atoms with Gasteiger partial charge in [-0.1, -0.05) is 12.1 Å². The number of hydrogen-bond acceptors (Lipinski definition) is 2. The van der Waals surface area contributed by atoms with Crippen molar-refractivity contribution in [3.63, 3.8) is 0 Å². The van der Waals surface area contributed by atoms with Crippen molar-refractivity contribution >= 4 is 12.4 Å². The van der Waals surface area contributed by atoms with Crippen LogP contribution in [0.15, 0.2) is 24.3 Å². The Morgan fingerprint density at radius 1 is 1.27 bits per heavy atom. The lowest BCUT2D eigenvalue weighted by Gasteiger charge is -2.12. The molecule has 2 nitrogen and oxygen atoms in total. The summed E-state index contributed by atoms with van der Waals surface area (Å²) in [4.78, 5) is 0. The Bertz CT molecular complexity index is 314. The van der Waals surface area contributed by atoms with Crippen molar-refractivity contribution in [1.82, 2.24) is 0 Å². The number of hydrogen-bond donors (Lipinski definition) is 2. The first-order valence-corrected chi connectivity index (χ1v) is 4.08. The molecule has 0 aliphatic carbocycles. The zero-order valence-electron chi connectivity index (χ0n) is 7.79. The van der Waals surface area contributed by atoms with Crippen LogP contribution in [0, 0.1) is 0 Å². The molecule has 6 heteroatoms. The molecule has 4 N–H and O–H groups in total. The molecule has 0 bridgehead atoms. The molecule has 0 heterocycles. The zero-order valence-corrected chi connectivity index (χ0v) is 8.61. The second-order valence-electron chi connectivity index (χ2n) is 2.97. The number of rotatable bonds is 2. The van der Waals surface area contributed by atoms with Crippen LogP contribution in [-0.2, 0) is 6.18 Å². The van der Waals surface area contributed by atoms with Crippen molar-refractivity contribution in [3.05, 3.63) is 35.4 Å². The standard InChI is InChI=1S/C9H11F3N2.ClH/c10-9(11,12)7-3-1-2-6(4-7)8(14)5-13;/h1-4,8H,5,13-14H2;1H/t8-;/m1./s1. The lowest BCUT2D eigenvalue weighted by Crippen LogP contribution is -2.21. The van der Waals surface area contributed by atoms with Crippen molar-refractivity contribution in [2.45, 2.75) is 12.2 Å². The van der Waals surface area contributed by atoms with Crippen molar-refractivity contribution in [1.29, 1.82) is 0 Å². The average molecular weight is 241 g/mol. The lowest BCUT2D eigenvalue weighted by atomic mass is 10.0. The van der Waals surface area contributed by atoms with Crippen LogP contribution in [0.4, 0.5) is 13.2 Å². The molecule has 0 aliphatic heterocycles. The van der Waals surface area contributed by atoms with E-state index in [-0.39, 0.29) is 19.0 Å². The summed E-state index contributed by atoms with van der Waals surface area (Å²) >= 11 is 0. The fourth-order valence-corrected chi connectivity index (χ4v) is 1.08. The van der Waals surface area contributed by atoms with Gasteiger partial charge in [0, 0.05) is 12.6 Å².